The zero-order valence-electron chi connectivity index (χ0n) is 12.2. The summed E-state index contributed by atoms with van der Waals surface area (Å²) < 4.78 is 0. The van der Waals surface area contributed by atoms with Crippen LogP contribution < -0.4 is 5.32 Å². The first kappa shape index (κ1) is 15.2. The topological polar surface area (TPSA) is 32.3 Å². The van der Waals surface area contributed by atoms with Gasteiger partial charge in [-0.25, -0.2) is 0 Å². The molecule has 3 heteroatoms. The third-order valence-electron chi connectivity index (χ3n) is 3.69. The minimum absolute atomic E-state index is 0.164. The standard InChI is InChI=1S/C15H28N2O/c1-5-17(10-12(2)3)11-15(18)16-14-8-6-13(4)7-9-14/h13-14H,2,5-11H2,1,3-4H3,(H,16,18). The summed E-state index contributed by atoms with van der Waals surface area (Å²) in [6.45, 7) is 12.5. The van der Waals surface area contributed by atoms with Crippen LogP contribution in [0.15, 0.2) is 12.2 Å². The Bertz CT molecular complexity index is 280. The summed E-state index contributed by atoms with van der Waals surface area (Å²) in [4.78, 5) is 14.1. The number of amides is 1. The van der Waals surface area contributed by atoms with E-state index in [1.807, 2.05) is 6.92 Å². The van der Waals surface area contributed by atoms with Crippen molar-refractivity contribution in [3.8, 4) is 0 Å². The molecule has 18 heavy (non-hydrogen) atoms. The fourth-order valence-electron chi connectivity index (χ4n) is 2.54. The van der Waals surface area contributed by atoms with Gasteiger partial charge >= 0.3 is 0 Å². The molecule has 0 spiro atoms. The molecule has 1 rings (SSSR count). The molecule has 104 valence electrons. The maximum absolute atomic E-state index is 12.0. The zero-order valence-corrected chi connectivity index (χ0v) is 12.2. The van der Waals surface area contributed by atoms with E-state index in [0.29, 0.717) is 12.6 Å². The number of likely N-dealkylation sites (N-methyl/N-ethyl adjacent to an activating group) is 1. The van der Waals surface area contributed by atoms with Gasteiger partial charge in [-0.1, -0.05) is 26.0 Å². The molecule has 0 heterocycles. The summed E-state index contributed by atoms with van der Waals surface area (Å²) in [6.07, 6.45) is 4.77. The van der Waals surface area contributed by atoms with Crippen molar-refractivity contribution in [2.75, 3.05) is 19.6 Å². The Hall–Kier alpha value is -0.830. The molecular formula is C15H28N2O. The number of carbonyl (C=O) groups is 1. The van der Waals surface area contributed by atoms with Crippen LogP contribution >= 0.6 is 0 Å². The molecule has 1 saturated carbocycles. The van der Waals surface area contributed by atoms with Crippen LogP contribution in [-0.4, -0.2) is 36.5 Å². The SMILES string of the molecule is C=C(C)CN(CC)CC(=O)NC1CCC(C)CC1. The van der Waals surface area contributed by atoms with Crippen molar-refractivity contribution >= 4 is 5.91 Å². The van der Waals surface area contributed by atoms with Gasteiger partial charge in [-0.05, 0) is 45.1 Å². The van der Waals surface area contributed by atoms with Crippen LogP contribution in [0.3, 0.4) is 0 Å². The normalized spacial score (nSPS) is 24.0. The molecule has 0 saturated heterocycles. The predicted molar refractivity (Wildman–Crippen MR) is 76.5 cm³/mol. The van der Waals surface area contributed by atoms with Crippen LogP contribution in [0.2, 0.25) is 0 Å². The molecule has 0 aromatic carbocycles. The molecule has 0 aliphatic heterocycles. The van der Waals surface area contributed by atoms with Gasteiger partial charge in [0.2, 0.25) is 5.91 Å². The Kier molecular flexibility index (Phi) is 6.41. The van der Waals surface area contributed by atoms with Crippen molar-refractivity contribution in [1.82, 2.24) is 10.2 Å². The van der Waals surface area contributed by atoms with Crippen LogP contribution in [0.1, 0.15) is 46.5 Å². The first-order valence-corrected chi connectivity index (χ1v) is 7.17. The second kappa shape index (κ2) is 7.57. The lowest BCUT2D eigenvalue weighted by atomic mass is 9.87. The largest absolute Gasteiger partial charge is 0.352 e. The van der Waals surface area contributed by atoms with Gasteiger partial charge in [0.25, 0.3) is 0 Å². The first-order valence-electron chi connectivity index (χ1n) is 7.17. The summed E-state index contributed by atoms with van der Waals surface area (Å²) >= 11 is 0. The van der Waals surface area contributed by atoms with E-state index in [4.69, 9.17) is 0 Å². The highest BCUT2D eigenvalue weighted by atomic mass is 16.2. The highest BCUT2D eigenvalue weighted by Crippen LogP contribution is 2.23. The van der Waals surface area contributed by atoms with Crippen molar-refractivity contribution in [3.63, 3.8) is 0 Å². The number of rotatable bonds is 6. The third-order valence-corrected chi connectivity index (χ3v) is 3.69. The highest BCUT2D eigenvalue weighted by Gasteiger charge is 2.20. The van der Waals surface area contributed by atoms with Gasteiger partial charge in [-0.2, -0.15) is 0 Å². The molecule has 1 N–H and O–H groups in total. The van der Waals surface area contributed by atoms with Crippen molar-refractivity contribution in [3.05, 3.63) is 12.2 Å². The van der Waals surface area contributed by atoms with Crippen LogP contribution in [0.25, 0.3) is 0 Å². The molecule has 0 radical (unpaired) electrons. The molecule has 3 nitrogen and oxygen atoms in total. The molecule has 1 amide bonds. The average molecular weight is 252 g/mol. The predicted octanol–water partition coefficient (Wildman–Crippen LogP) is 2.58. The Morgan fingerprint density at radius 2 is 1.89 bits per heavy atom. The van der Waals surface area contributed by atoms with E-state index in [9.17, 15) is 4.79 Å². The number of hydrogen-bond donors (Lipinski definition) is 1. The number of carbonyl (C=O) groups excluding carboxylic acids is 1. The van der Waals surface area contributed by atoms with E-state index in [2.05, 4.69) is 30.6 Å². The van der Waals surface area contributed by atoms with Gasteiger partial charge in [-0.15, -0.1) is 0 Å². The molecule has 0 aromatic rings. The lowest BCUT2D eigenvalue weighted by Crippen LogP contribution is -2.43. The second-order valence-electron chi connectivity index (χ2n) is 5.78. The number of nitrogens with zero attached hydrogens (tertiary/aromatic N) is 1. The average Bonchev–Trinajstić information content (AvgIpc) is 2.30. The Morgan fingerprint density at radius 1 is 1.28 bits per heavy atom. The Labute approximate surface area is 112 Å². The summed E-state index contributed by atoms with van der Waals surface area (Å²) in [7, 11) is 0. The molecule has 1 aliphatic carbocycles. The van der Waals surface area contributed by atoms with Crippen molar-refractivity contribution in [1.29, 1.82) is 0 Å². The third kappa shape index (κ3) is 5.67. The smallest absolute Gasteiger partial charge is 0.234 e. The fraction of sp³-hybridized carbons (Fsp3) is 0.800. The Morgan fingerprint density at radius 3 is 2.39 bits per heavy atom. The minimum atomic E-state index is 0.164. The monoisotopic (exact) mass is 252 g/mol. The molecule has 0 unspecified atom stereocenters. The lowest BCUT2D eigenvalue weighted by Gasteiger charge is -2.28. The summed E-state index contributed by atoms with van der Waals surface area (Å²) in [5.74, 6) is 0.992. The van der Waals surface area contributed by atoms with E-state index >= 15 is 0 Å². The van der Waals surface area contributed by atoms with Crippen molar-refractivity contribution < 1.29 is 4.79 Å². The Balaban J connectivity index is 2.29. The summed E-state index contributed by atoms with van der Waals surface area (Å²) in [5, 5.41) is 3.17. The van der Waals surface area contributed by atoms with E-state index in [1.54, 1.807) is 0 Å². The molecular weight excluding hydrogens is 224 g/mol. The van der Waals surface area contributed by atoms with Crippen LogP contribution in [0.4, 0.5) is 0 Å². The maximum atomic E-state index is 12.0. The lowest BCUT2D eigenvalue weighted by molar-refractivity contribution is -0.123. The van der Waals surface area contributed by atoms with E-state index < -0.39 is 0 Å². The van der Waals surface area contributed by atoms with Gasteiger partial charge in [0.1, 0.15) is 0 Å². The van der Waals surface area contributed by atoms with Gasteiger partial charge in [0.15, 0.2) is 0 Å². The van der Waals surface area contributed by atoms with Crippen LogP contribution in [0.5, 0.6) is 0 Å². The molecule has 0 bridgehead atoms. The second-order valence-corrected chi connectivity index (χ2v) is 5.78. The van der Waals surface area contributed by atoms with Crippen molar-refractivity contribution in [2.45, 2.75) is 52.5 Å². The van der Waals surface area contributed by atoms with Gasteiger partial charge < -0.3 is 5.32 Å². The van der Waals surface area contributed by atoms with E-state index in [-0.39, 0.29) is 5.91 Å². The van der Waals surface area contributed by atoms with Crippen molar-refractivity contribution in [2.24, 2.45) is 5.92 Å². The quantitative estimate of drug-likeness (QED) is 0.737. The summed E-state index contributed by atoms with van der Waals surface area (Å²) in [6, 6.07) is 0.400. The van der Waals surface area contributed by atoms with Gasteiger partial charge in [0, 0.05) is 12.6 Å². The summed E-state index contributed by atoms with van der Waals surface area (Å²) in [5.41, 5.74) is 1.11. The van der Waals surface area contributed by atoms with Crippen LogP contribution in [0, 0.1) is 5.92 Å². The minimum Gasteiger partial charge on any atom is -0.352 e. The first-order chi connectivity index (χ1) is 8.51. The van der Waals surface area contributed by atoms with Crippen LogP contribution in [-0.2, 0) is 4.79 Å². The van der Waals surface area contributed by atoms with Gasteiger partial charge in [0.05, 0.1) is 6.54 Å². The van der Waals surface area contributed by atoms with E-state index in [0.717, 1.165) is 37.4 Å². The zero-order chi connectivity index (χ0) is 13.5. The molecule has 1 fully saturated rings. The maximum Gasteiger partial charge on any atom is 0.234 e. The highest BCUT2D eigenvalue weighted by molar-refractivity contribution is 5.78. The number of nitrogens with one attached hydrogen (secondary N) is 1. The molecule has 0 atom stereocenters. The molecule has 0 aromatic heterocycles. The van der Waals surface area contributed by atoms with Gasteiger partial charge in [-0.3, -0.25) is 9.69 Å². The fourth-order valence-corrected chi connectivity index (χ4v) is 2.54. The van der Waals surface area contributed by atoms with E-state index in [1.165, 1.54) is 12.8 Å². The number of hydrogen-bond acceptors (Lipinski definition) is 2. The molecule has 1 aliphatic rings.